The third-order valence-corrected chi connectivity index (χ3v) is 4.16. The minimum absolute atomic E-state index is 0.255. The van der Waals surface area contributed by atoms with E-state index >= 15 is 0 Å². The Hall–Kier alpha value is -1.00. The lowest BCUT2D eigenvalue weighted by atomic mass is 9.93. The van der Waals surface area contributed by atoms with Gasteiger partial charge in [0.05, 0.1) is 0 Å². The summed E-state index contributed by atoms with van der Waals surface area (Å²) >= 11 is 0. The number of nitrogens with zero attached hydrogens (tertiary/aromatic N) is 2. The minimum Gasteiger partial charge on any atom is -0.367 e. The number of hydrogen-bond donors (Lipinski definition) is 1. The molecule has 0 aliphatic heterocycles. The Kier molecular flexibility index (Phi) is 6.12. The maximum atomic E-state index is 6.13. The van der Waals surface area contributed by atoms with Gasteiger partial charge in [-0.1, -0.05) is 39.5 Å². The second-order valence-corrected chi connectivity index (χ2v) is 6.29. The number of ether oxygens (including phenoxy) is 1. The molecular weight excluding hydrogens is 262 g/mol. The van der Waals surface area contributed by atoms with Crippen molar-refractivity contribution in [2.75, 3.05) is 6.61 Å². The number of hydrogen-bond acceptors (Lipinski definition) is 4. The highest BCUT2D eigenvalue weighted by Crippen LogP contribution is 2.37. The van der Waals surface area contributed by atoms with Crippen LogP contribution in [0.5, 0.6) is 0 Å². The van der Waals surface area contributed by atoms with Crippen molar-refractivity contribution in [2.45, 2.75) is 77.5 Å². The largest absolute Gasteiger partial charge is 0.367 e. The van der Waals surface area contributed by atoms with Gasteiger partial charge in [-0.15, -0.1) is 0 Å². The van der Waals surface area contributed by atoms with Crippen molar-refractivity contribution >= 4 is 0 Å². The second-order valence-electron chi connectivity index (χ2n) is 6.29. The van der Waals surface area contributed by atoms with Crippen LogP contribution in [-0.4, -0.2) is 22.6 Å². The highest BCUT2D eigenvalue weighted by Gasteiger charge is 2.36. The van der Waals surface area contributed by atoms with E-state index < -0.39 is 0 Å². The van der Waals surface area contributed by atoms with Crippen molar-refractivity contribution in [2.24, 2.45) is 0 Å². The van der Waals surface area contributed by atoms with E-state index in [0.29, 0.717) is 6.04 Å². The monoisotopic (exact) mass is 291 g/mol. The van der Waals surface area contributed by atoms with E-state index in [2.05, 4.69) is 36.1 Å². The molecule has 1 aromatic rings. The van der Waals surface area contributed by atoms with Crippen LogP contribution in [0.15, 0.2) is 12.4 Å². The zero-order chi connectivity index (χ0) is 15.1. The Balaban J connectivity index is 2.12. The molecule has 118 valence electrons. The summed E-state index contributed by atoms with van der Waals surface area (Å²) in [5.41, 5.74) is 0.877. The number of nitrogens with one attached hydrogen (secondary N) is 1. The highest BCUT2D eigenvalue weighted by atomic mass is 16.5. The fourth-order valence-corrected chi connectivity index (χ4v) is 3.01. The SMILES string of the molecule is CCOC1(c2ncc(CNC(C)C)cn2)CCCCCC1. The lowest BCUT2D eigenvalue weighted by Gasteiger charge is -2.31. The van der Waals surface area contributed by atoms with Crippen molar-refractivity contribution in [3.8, 4) is 0 Å². The van der Waals surface area contributed by atoms with E-state index in [1.807, 2.05) is 12.4 Å². The van der Waals surface area contributed by atoms with Gasteiger partial charge in [0.15, 0.2) is 5.82 Å². The third-order valence-electron chi connectivity index (χ3n) is 4.16. The van der Waals surface area contributed by atoms with E-state index in [-0.39, 0.29) is 5.60 Å². The van der Waals surface area contributed by atoms with E-state index in [9.17, 15) is 0 Å². The molecule has 4 nitrogen and oxygen atoms in total. The van der Waals surface area contributed by atoms with Gasteiger partial charge in [-0.3, -0.25) is 0 Å². The van der Waals surface area contributed by atoms with E-state index in [1.165, 1.54) is 25.7 Å². The fourth-order valence-electron chi connectivity index (χ4n) is 3.01. The molecule has 1 aromatic heterocycles. The third kappa shape index (κ3) is 4.48. The molecule has 1 heterocycles. The summed E-state index contributed by atoms with van der Waals surface area (Å²) in [6, 6.07) is 0.473. The molecule has 2 rings (SSSR count). The molecule has 0 amide bonds. The summed E-state index contributed by atoms with van der Waals surface area (Å²) in [7, 11) is 0. The van der Waals surface area contributed by atoms with Gasteiger partial charge < -0.3 is 10.1 Å². The molecule has 0 radical (unpaired) electrons. The Morgan fingerprint density at radius 3 is 2.29 bits per heavy atom. The van der Waals surface area contributed by atoms with Crippen molar-refractivity contribution < 1.29 is 4.74 Å². The van der Waals surface area contributed by atoms with E-state index in [4.69, 9.17) is 4.74 Å². The molecule has 1 saturated carbocycles. The Labute approximate surface area is 128 Å². The van der Waals surface area contributed by atoms with Gasteiger partial charge >= 0.3 is 0 Å². The maximum Gasteiger partial charge on any atom is 0.160 e. The average Bonchev–Trinajstić information content (AvgIpc) is 2.72. The molecule has 0 spiro atoms. The first-order chi connectivity index (χ1) is 10.2. The van der Waals surface area contributed by atoms with Crippen LogP contribution >= 0.6 is 0 Å². The molecule has 1 aliphatic carbocycles. The Morgan fingerprint density at radius 2 is 1.76 bits per heavy atom. The van der Waals surface area contributed by atoms with Crippen molar-refractivity contribution in [1.29, 1.82) is 0 Å². The van der Waals surface area contributed by atoms with Crippen LogP contribution in [-0.2, 0) is 16.9 Å². The van der Waals surface area contributed by atoms with Gasteiger partial charge in [0.2, 0.25) is 0 Å². The van der Waals surface area contributed by atoms with Crippen molar-refractivity contribution in [1.82, 2.24) is 15.3 Å². The Morgan fingerprint density at radius 1 is 1.14 bits per heavy atom. The van der Waals surface area contributed by atoms with E-state index in [1.54, 1.807) is 0 Å². The molecule has 0 saturated heterocycles. The van der Waals surface area contributed by atoms with Gasteiger partial charge in [-0.25, -0.2) is 9.97 Å². The van der Waals surface area contributed by atoms with Crippen LogP contribution in [0.25, 0.3) is 0 Å². The zero-order valence-corrected chi connectivity index (χ0v) is 13.7. The van der Waals surface area contributed by atoms with Crippen LogP contribution in [0.4, 0.5) is 0 Å². The van der Waals surface area contributed by atoms with Crippen LogP contribution in [0, 0.1) is 0 Å². The predicted octanol–water partition coefficient (Wildman–Crippen LogP) is 3.56. The van der Waals surface area contributed by atoms with Crippen molar-refractivity contribution in [3.05, 3.63) is 23.8 Å². The standard InChI is InChI=1S/C17H29N3O/c1-4-21-17(9-7-5-6-8-10-17)16-19-12-15(13-20-16)11-18-14(2)3/h12-14,18H,4-11H2,1-3H3. The predicted molar refractivity (Wildman–Crippen MR) is 85.0 cm³/mol. The number of rotatable bonds is 6. The molecule has 0 bridgehead atoms. The summed E-state index contributed by atoms with van der Waals surface area (Å²) in [5.74, 6) is 0.875. The first kappa shape index (κ1) is 16.4. The van der Waals surface area contributed by atoms with Crippen molar-refractivity contribution in [3.63, 3.8) is 0 Å². The van der Waals surface area contributed by atoms with Gasteiger partial charge in [0, 0.05) is 37.2 Å². The quantitative estimate of drug-likeness (QED) is 0.814. The summed E-state index contributed by atoms with van der Waals surface area (Å²) in [5, 5.41) is 3.39. The van der Waals surface area contributed by atoms with Crippen LogP contribution in [0.2, 0.25) is 0 Å². The average molecular weight is 291 g/mol. The van der Waals surface area contributed by atoms with Gasteiger partial charge in [-0.2, -0.15) is 0 Å². The highest BCUT2D eigenvalue weighted by molar-refractivity contribution is 5.10. The fraction of sp³-hybridized carbons (Fsp3) is 0.765. The normalized spacial score (nSPS) is 18.7. The van der Waals surface area contributed by atoms with Crippen LogP contribution in [0.3, 0.4) is 0 Å². The summed E-state index contributed by atoms with van der Waals surface area (Å²) in [6.45, 7) is 7.89. The molecule has 4 heteroatoms. The molecule has 1 fully saturated rings. The van der Waals surface area contributed by atoms with Gasteiger partial charge in [0.1, 0.15) is 5.60 Å². The molecule has 21 heavy (non-hydrogen) atoms. The summed E-state index contributed by atoms with van der Waals surface area (Å²) in [4.78, 5) is 9.27. The van der Waals surface area contributed by atoms with Crippen LogP contribution in [0.1, 0.15) is 70.7 Å². The van der Waals surface area contributed by atoms with Gasteiger partial charge in [0.25, 0.3) is 0 Å². The molecule has 1 aliphatic rings. The first-order valence-corrected chi connectivity index (χ1v) is 8.35. The molecule has 0 unspecified atom stereocenters. The topological polar surface area (TPSA) is 47.0 Å². The maximum absolute atomic E-state index is 6.13. The summed E-state index contributed by atoms with van der Waals surface area (Å²) in [6.07, 6.45) is 11.0. The molecule has 0 atom stereocenters. The molecule has 0 aromatic carbocycles. The molecule has 1 N–H and O–H groups in total. The van der Waals surface area contributed by atoms with E-state index in [0.717, 1.165) is 37.4 Å². The van der Waals surface area contributed by atoms with Gasteiger partial charge in [-0.05, 0) is 19.8 Å². The van der Waals surface area contributed by atoms with Crippen LogP contribution < -0.4 is 5.32 Å². The Bertz CT molecular complexity index is 409. The lowest BCUT2D eigenvalue weighted by molar-refractivity contribution is -0.0624. The smallest absolute Gasteiger partial charge is 0.160 e. The number of aromatic nitrogens is 2. The summed E-state index contributed by atoms with van der Waals surface area (Å²) < 4.78 is 6.13. The second kappa shape index (κ2) is 7.85. The lowest BCUT2D eigenvalue weighted by Crippen LogP contribution is -2.32. The molecular formula is C17H29N3O. The zero-order valence-electron chi connectivity index (χ0n) is 13.7. The first-order valence-electron chi connectivity index (χ1n) is 8.35. The minimum atomic E-state index is -0.255.